The van der Waals surface area contributed by atoms with E-state index in [1.54, 1.807) is 0 Å². The second-order valence-corrected chi connectivity index (χ2v) is 14.2. The first-order valence-corrected chi connectivity index (χ1v) is 18.8. The highest BCUT2D eigenvalue weighted by Crippen LogP contribution is 2.32. The molecule has 14 nitrogen and oxygen atoms in total. The topological polar surface area (TPSA) is 165 Å². The maximum Gasteiger partial charge on any atom is 0.170 e. The molecule has 0 amide bonds. The van der Waals surface area contributed by atoms with Crippen molar-refractivity contribution in [2.45, 2.75) is 39.5 Å². The third-order valence-electron chi connectivity index (χ3n) is 9.60. The van der Waals surface area contributed by atoms with Crippen molar-refractivity contribution in [3.63, 3.8) is 0 Å². The van der Waals surface area contributed by atoms with Gasteiger partial charge in [-0.15, -0.1) is 20.4 Å². The van der Waals surface area contributed by atoms with Crippen molar-refractivity contribution >= 4 is 22.1 Å². The summed E-state index contributed by atoms with van der Waals surface area (Å²) in [7, 11) is 0. The van der Waals surface area contributed by atoms with Crippen LogP contribution in [0.4, 0.5) is 0 Å². The highest BCUT2D eigenvalue weighted by molar-refractivity contribution is 5.84. The van der Waals surface area contributed by atoms with E-state index in [0.717, 1.165) is 56.7 Å². The highest BCUT2D eigenvalue weighted by Gasteiger charge is 2.23. The van der Waals surface area contributed by atoms with Gasteiger partial charge in [-0.25, -0.2) is 9.26 Å². The molecule has 10 aromatic rings. The number of rotatable bonds is 8. The average Bonchev–Trinajstić information content (AvgIpc) is 4.11. The van der Waals surface area contributed by atoms with Crippen LogP contribution in [0.25, 0.3) is 78.7 Å². The van der Waals surface area contributed by atoms with Crippen LogP contribution in [0.1, 0.15) is 51.2 Å². The summed E-state index contributed by atoms with van der Waals surface area (Å²) in [5.74, 6) is 3.42. The lowest BCUT2D eigenvalue weighted by Gasteiger charge is -2.12. The monoisotopic (exact) mass is 764 g/mol. The Balaban J connectivity index is 0.000000150. The number of hydrogen-bond acceptors (Lipinski definition) is 12. The van der Waals surface area contributed by atoms with Gasteiger partial charge in [0, 0.05) is 46.5 Å². The number of benzene rings is 4. The minimum atomic E-state index is 0.169. The van der Waals surface area contributed by atoms with Crippen LogP contribution in [-0.4, -0.2) is 60.1 Å². The highest BCUT2D eigenvalue weighted by atomic mass is 16.6. The SMILES string of the molecule is CC(C)c1nnc(-c2ccc(-c3ccccc3)nc2)n1-c1cccc2nonc12.CC(C)c1nnc(-c2ccc(-c3ccccc3)nc2)n1-c1cccc2nonc12. The molecule has 14 heteroatoms. The van der Waals surface area contributed by atoms with Crippen molar-refractivity contribution in [3.05, 3.63) is 145 Å². The van der Waals surface area contributed by atoms with Crippen molar-refractivity contribution in [2.75, 3.05) is 0 Å². The normalized spacial score (nSPS) is 11.4. The van der Waals surface area contributed by atoms with Crippen molar-refractivity contribution in [3.8, 4) is 56.7 Å². The quantitative estimate of drug-likeness (QED) is 0.144. The summed E-state index contributed by atoms with van der Waals surface area (Å²) in [4.78, 5) is 9.28. The van der Waals surface area contributed by atoms with Gasteiger partial charge in [0.1, 0.15) is 22.7 Å². The summed E-state index contributed by atoms with van der Waals surface area (Å²) in [5.41, 5.74) is 10.1. The molecule has 0 saturated heterocycles. The first kappa shape index (κ1) is 35.9. The fraction of sp³-hybridized carbons (Fsp3) is 0.136. The summed E-state index contributed by atoms with van der Waals surface area (Å²) in [5, 5.41) is 33.9. The van der Waals surface area contributed by atoms with Gasteiger partial charge in [-0.2, -0.15) is 0 Å². The second-order valence-electron chi connectivity index (χ2n) is 14.2. The van der Waals surface area contributed by atoms with Crippen LogP contribution in [-0.2, 0) is 0 Å². The fourth-order valence-corrected chi connectivity index (χ4v) is 6.75. The van der Waals surface area contributed by atoms with E-state index >= 15 is 0 Å². The number of fused-ring (bicyclic) bond motifs is 2. The molecule has 10 rings (SSSR count). The molecule has 284 valence electrons. The molecule has 0 fully saturated rings. The van der Waals surface area contributed by atoms with Gasteiger partial charge in [-0.05, 0) is 69.2 Å². The molecule has 58 heavy (non-hydrogen) atoms. The molecule has 0 aliphatic carbocycles. The van der Waals surface area contributed by atoms with Crippen LogP contribution in [0.15, 0.2) is 143 Å². The smallest absolute Gasteiger partial charge is 0.170 e. The van der Waals surface area contributed by atoms with Crippen LogP contribution >= 0.6 is 0 Å². The van der Waals surface area contributed by atoms with Crippen LogP contribution < -0.4 is 0 Å². The Morgan fingerprint density at radius 3 is 1.22 bits per heavy atom. The molecule has 0 spiro atoms. The summed E-state index contributed by atoms with van der Waals surface area (Å²) in [6, 6.07) is 39.7. The predicted octanol–water partition coefficient (Wildman–Crippen LogP) is 9.31. The van der Waals surface area contributed by atoms with Crippen LogP contribution in [0, 0.1) is 0 Å². The first-order chi connectivity index (χ1) is 28.4. The van der Waals surface area contributed by atoms with Gasteiger partial charge in [-0.3, -0.25) is 19.1 Å². The molecular formula is C44H36N12O2. The number of hydrogen-bond donors (Lipinski definition) is 0. The van der Waals surface area contributed by atoms with Crippen LogP contribution in [0.2, 0.25) is 0 Å². The zero-order valence-electron chi connectivity index (χ0n) is 32.0. The molecule has 6 aromatic heterocycles. The fourth-order valence-electron chi connectivity index (χ4n) is 6.75. The third-order valence-corrected chi connectivity index (χ3v) is 9.60. The minimum absolute atomic E-state index is 0.169. The van der Waals surface area contributed by atoms with Crippen molar-refractivity contribution in [2.24, 2.45) is 0 Å². The molecule has 0 N–H and O–H groups in total. The summed E-state index contributed by atoms with van der Waals surface area (Å²) in [6.45, 7) is 8.34. The molecule has 4 aromatic carbocycles. The van der Waals surface area contributed by atoms with Gasteiger partial charge < -0.3 is 0 Å². The Labute approximate surface area is 332 Å². The first-order valence-electron chi connectivity index (χ1n) is 18.8. The van der Waals surface area contributed by atoms with Gasteiger partial charge in [0.25, 0.3) is 0 Å². The van der Waals surface area contributed by atoms with Gasteiger partial charge in [0.05, 0.1) is 22.8 Å². The zero-order valence-corrected chi connectivity index (χ0v) is 32.0. The Bertz CT molecular complexity index is 2750. The summed E-state index contributed by atoms with van der Waals surface area (Å²) >= 11 is 0. The second kappa shape index (κ2) is 15.4. The molecule has 0 saturated carbocycles. The molecule has 6 heterocycles. The summed E-state index contributed by atoms with van der Waals surface area (Å²) < 4.78 is 13.9. The van der Waals surface area contributed by atoms with E-state index in [0.29, 0.717) is 33.7 Å². The Kier molecular flexibility index (Phi) is 9.55. The predicted molar refractivity (Wildman–Crippen MR) is 219 cm³/mol. The average molecular weight is 765 g/mol. The van der Waals surface area contributed by atoms with E-state index in [4.69, 9.17) is 9.26 Å². The molecule has 0 aliphatic rings. The maximum atomic E-state index is 4.95. The molecule has 0 aliphatic heterocycles. The molecule has 0 atom stereocenters. The maximum absolute atomic E-state index is 4.95. The van der Waals surface area contributed by atoms with Gasteiger partial charge in [-0.1, -0.05) is 100 Å². The van der Waals surface area contributed by atoms with Gasteiger partial charge >= 0.3 is 0 Å². The lowest BCUT2D eigenvalue weighted by molar-refractivity contribution is 0.315. The van der Waals surface area contributed by atoms with Gasteiger partial charge in [0.15, 0.2) is 22.7 Å². The lowest BCUT2D eigenvalue weighted by atomic mass is 10.1. The van der Waals surface area contributed by atoms with E-state index in [1.807, 2.05) is 143 Å². The summed E-state index contributed by atoms with van der Waals surface area (Å²) in [6.07, 6.45) is 3.66. The number of aromatic nitrogens is 12. The van der Waals surface area contributed by atoms with E-state index in [9.17, 15) is 0 Å². The molecule has 0 radical (unpaired) electrons. The van der Waals surface area contributed by atoms with E-state index < -0.39 is 0 Å². The van der Waals surface area contributed by atoms with E-state index in [2.05, 4.69) is 78.7 Å². The lowest BCUT2D eigenvalue weighted by Crippen LogP contribution is -2.05. The van der Waals surface area contributed by atoms with E-state index in [1.165, 1.54) is 0 Å². The number of nitrogens with zero attached hydrogens (tertiary/aromatic N) is 12. The Morgan fingerprint density at radius 1 is 0.414 bits per heavy atom. The Morgan fingerprint density at radius 2 is 0.845 bits per heavy atom. The third kappa shape index (κ3) is 6.76. The Hall–Kier alpha value is -7.74. The van der Waals surface area contributed by atoms with Gasteiger partial charge in [0.2, 0.25) is 0 Å². The largest absolute Gasteiger partial charge is 0.276 e. The van der Waals surface area contributed by atoms with Crippen molar-refractivity contribution in [1.29, 1.82) is 0 Å². The molecule has 0 unspecified atom stereocenters. The number of pyridine rings is 2. The van der Waals surface area contributed by atoms with Crippen LogP contribution in [0.5, 0.6) is 0 Å². The standard InChI is InChI=1S/2C22H18N6O/c2*1-14(2)21-24-25-22(28(21)19-10-6-9-18-20(19)27-29-26-18)16-11-12-17(23-13-16)15-7-4-3-5-8-15/h2*3-14H,1-2H3. The molecular weight excluding hydrogens is 729 g/mol. The van der Waals surface area contributed by atoms with Crippen molar-refractivity contribution < 1.29 is 9.26 Å². The van der Waals surface area contributed by atoms with Crippen LogP contribution in [0.3, 0.4) is 0 Å². The minimum Gasteiger partial charge on any atom is -0.276 e. The zero-order chi connectivity index (χ0) is 39.6. The van der Waals surface area contributed by atoms with E-state index in [-0.39, 0.29) is 11.8 Å². The van der Waals surface area contributed by atoms with Crippen molar-refractivity contribution in [1.82, 2.24) is 60.1 Å². The molecule has 0 bridgehead atoms.